The summed E-state index contributed by atoms with van der Waals surface area (Å²) in [4.78, 5) is 32.1. The van der Waals surface area contributed by atoms with Gasteiger partial charge in [0.1, 0.15) is 11.6 Å². The fourth-order valence-electron chi connectivity index (χ4n) is 6.30. The molecule has 2 fully saturated rings. The van der Waals surface area contributed by atoms with E-state index in [1.165, 1.54) is 24.3 Å². The van der Waals surface area contributed by atoms with Crippen molar-refractivity contribution in [3.05, 3.63) is 107 Å². The van der Waals surface area contributed by atoms with E-state index in [0.717, 1.165) is 28.7 Å². The number of hydrogen-bond acceptors (Lipinski definition) is 4. The topological polar surface area (TPSA) is 69.9 Å². The van der Waals surface area contributed by atoms with Crippen LogP contribution in [0.15, 0.2) is 72.8 Å². The third-order valence-electron chi connectivity index (χ3n) is 8.17. The lowest BCUT2D eigenvalue weighted by molar-refractivity contribution is -0.140. The first-order valence-corrected chi connectivity index (χ1v) is 13.0. The van der Waals surface area contributed by atoms with E-state index in [1.807, 2.05) is 29.2 Å². The van der Waals surface area contributed by atoms with Gasteiger partial charge in [0.15, 0.2) is 0 Å². The molecule has 3 aromatic rings. The largest absolute Gasteiger partial charge is 0.337 e. The minimum absolute atomic E-state index is 0.00856. The van der Waals surface area contributed by atoms with Gasteiger partial charge < -0.3 is 15.5 Å². The summed E-state index contributed by atoms with van der Waals surface area (Å²) in [6, 6.07) is 19.8. The van der Waals surface area contributed by atoms with Crippen molar-refractivity contribution >= 4 is 11.8 Å². The molecular formula is C30H30F2N4O2. The first-order chi connectivity index (χ1) is 18.4. The Hall–Kier alpha value is -3.62. The molecule has 0 aromatic heterocycles. The summed E-state index contributed by atoms with van der Waals surface area (Å²) in [5, 5.41) is 0. The molecule has 2 bridgehead atoms. The lowest BCUT2D eigenvalue weighted by atomic mass is 9.96. The summed E-state index contributed by atoms with van der Waals surface area (Å²) in [6.45, 7) is 2.22. The van der Waals surface area contributed by atoms with Crippen LogP contribution >= 0.6 is 0 Å². The zero-order valence-electron chi connectivity index (χ0n) is 21.0. The maximum absolute atomic E-state index is 13.7. The van der Waals surface area contributed by atoms with Gasteiger partial charge in [0.05, 0.1) is 18.5 Å². The van der Waals surface area contributed by atoms with Crippen LogP contribution in [-0.2, 0) is 22.7 Å². The van der Waals surface area contributed by atoms with Gasteiger partial charge in [-0.15, -0.1) is 0 Å². The highest BCUT2D eigenvalue weighted by atomic mass is 19.1. The summed E-state index contributed by atoms with van der Waals surface area (Å²) in [7, 11) is 0. The van der Waals surface area contributed by atoms with Gasteiger partial charge in [0.2, 0.25) is 11.8 Å². The number of likely N-dealkylation sites (tertiary alicyclic amines) is 2. The van der Waals surface area contributed by atoms with Gasteiger partial charge in [-0.3, -0.25) is 14.5 Å². The Morgan fingerprint density at radius 3 is 1.87 bits per heavy atom. The average molecular weight is 517 g/mol. The molecular weight excluding hydrogens is 486 g/mol. The molecule has 8 heteroatoms. The van der Waals surface area contributed by atoms with Gasteiger partial charge in [0, 0.05) is 38.3 Å². The maximum atomic E-state index is 13.7. The molecule has 3 aromatic carbocycles. The van der Waals surface area contributed by atoms with Gasteiger partial charge in [-0.2, -0.15) is 0 Å². The molecule has 3 aliphatic rings. The SMILES string of the molecule is N[C@@H](CC(=O)N1C[C@@H]2C[C@H]1CN2C(c1ccc(F)cc1)c1ccc(F)cc1)C(=O)N1Cc2ccccc2C1. The number of piperazine rings is 1. The summed E-state index contributed by atoms with van der Waals surface area (Å²) >= 11 is 0. The van der Waals surface area contributed by atoms with Crippen LogP contribution < -0.4 is 5.73 Å². The second-order valence-corrected chi connectivity index (χ2v) is 10.6. The summed E-state index contributed by atoms with van der Waals surface area (Å²) in [5.74, 6) is -0.923. The Kier molecular flexibility index (Phi) is 6.45. The molecule has 0 aliphatic carbocycles. The first-order valence-electron chi connectivity index (χ1n) is 13.0. The smallest absolute Gasteiger partial charge is 0.240 e. The van der Waals surface area contributed by atoms with Crippen molar-refractivity contribution in [2.45, 2.75) is 50.1 Å². The van der Waals surface area contributed by atoms with E-state index < -0.39 is 6.04 Å². The molecule has 2 N–H and O–H groups in total. The standard InChI is InChI=1S/C30H30F2N4O2/c31-23-9-5-19(6-10-23)29(20-7-11-24(32)12-8-20)36-18-25-13-26(36)17-35(25)28(37)14-27(33)30(38)34-15-21-3-1-2-4-22(21)16-34/h1-12,25-27,29H,13-18,33H2/t25-,26-,27-/m0/s1. The van der Waals surface area contributed by atoms with Crippen LogP contribution in [0.4, 0.5) is 8.78 Å². The Morgan fingerprint density at radius 2 is 1.37 bits per heavy atom. The number of nitrogens with two attached hydrogens (primary N) is 1. The molecule has 3 heterocycles. The van der Waals surface area contributed by atoms with Gasteiger partial charge in [-0.25, -0.2) is 8.78 Å². The van der Waals surface area contributed by atoms with Crippen molar-refractivity contribution in [2.75, 3.05) is 13.1 Å². The van der Waals surface area contributed by atoms with Gasteiger partial charge in [0.25, 0.3) is 0 Å². The molecule has 196 valence electrons. The van der Waals surface area contributed by atoms with Crippen molar-refractivity contribution < 1.29 is 18.4 Å². The molecule has 3 aliphatic heterocycles. The number of amides is 2. The van der Waals surface area contributed by atoms with E-state index in [-0.39, 0.29) is 48.0 Å². The van der Waals surface area contributed by atoms with Crippen molar-refractivity contribution in [1.29, 1.82) is 0 Å². The summed E-state index contributed by atoms with van der Waals surface area (Å²) in [6.07, 6.45) is 0.795. The van der Waals surface area contributed by atoms with E-state index in [2.05, 4.69) is 4.90 Å². The Balaban J connectivity index is 1.12. The quantitative estimate of drug-likeness (QED) is 0.544. The van der Waals surface area contributed by atoms with E-state index in [4.69, 9.17) is 5.73 Å². The lowest BCUT2D eigenvalue weighted by Crippen LogP contribution is -2.52. The number of carbonyl (C=O) groups excluding carboxylic acids is 2. The van der Waals surface area contributed by atoms with Crippen LogP contribution in [0.3, 0.4) is 0 Å². The molecule has 3 atom stereocenters. The van der Waals surface area contributed by atoms with Crippen molar-refractivity contribution in [3.63, 3.8) is 0 Å². The number of halogens is 2. The van der Waals surface area contributed by atoms with E-state index in [0.29, 0.717) is 26.2 Å². The minimum Gasteiger partial charge on any atom is -0.337 e. The number of benzene rings is 3. The van der Waals surface area contributed by atoms with E-state index in [9.17, 15) is 18.4 Å². The summed E-state index contributed by atoms with van der Waals surface area (Å²) in [5.41, 5.74) is 10.3. The Bertz CT molecular complexity index is 1280. The molecule has 2 saturated heterocycles. The Labute approximate surface area is 220 Å². The van der Waals surface area contributed by atoms with E-state index >= 15 is 0 Å². The predicted octanol–water partition coefficient (Wildman–Crippen LogP) is 3.60. The van der Waals surface area contributed by atoms with Crippen LogP contribution in [-0.4, -0.2) is 57.7 Å². The zero-order chi connectivity index (χ0) is 26.4. The molecule has 38 heavy (non-hydrogen) atoms. The molecule has 6 rings (SSSR count). The number of fused-ring (bicyclic) bond motifs is 3. The van der Waals surface area contributed by atoms with Crippen molar-refractivity contribution in [1.82, 2.24) is 14.7 Å². The molecule has 2 amide bonds. The minimum atomic E-state index is -0.877. The van der Waals surface area contributed by atoms with Crippen LogP contribution in [0.5, 0.6) is 0 Å². The third-order valence-corrected chi connectivity index (χ3v) is 8.17. The highest BCUT2D eigenvalue weighted by molar-refractivity contribution is 5.88. The fourth-order valence-corrected chi connectivity index (χ4v) is 6.30. The monoisotopic (exact) mass is 516 g/mol. The number of rotatable bonds is 6. The van der Waals surface area contributed by atoms with Gasteiger partial charge in [-0.05, 0) is 52.9 Å². The van der Waals surface area contributed by atoms with Crippen LogP contribution in [0, 0.1) is 11.6 Å². The normalized spacial score (nSPS) is 21.3. The first kappa shape index (κ1) is 24.7. The maximum Gasteiger partial charge on any atom is 0.240 e. The van der Waals surface area contributed by atoms with Gasteiger partial charge >= 0.3 is 0 Å². The van der Waals surface area contributed by atoms with Crippen molar-refractivity contribution in [2.24, 2.45) is 5.73 Å². The van der Waals surface area contributed by atoms with Crippen LogP contribution in [0.25, 0.3) is 0 Å². The number of hydrogen-bond donors (Lipinski definition) is 1. The lowest BCUT2D eigenvalue weighted by Gasteiger charge is -2.39. The summed E-state index contributed by atoms with van der Waals surface area (Å²) < 4.78 is 27.3. The highest BCUT2D eigenvalue weighted by Gasteiger charge is 2.48. The second-order valence-electron chi connectivity index (χ2n) is 10.6. The fraction of sp³-hybridized carbons (Fsp3) is 0.333. The zero-order valence-corrected chi connectivity index (χ0v) is 21.0. The second kappa shape index (κ2) is 9.93. The number of nitrogens with zero attached hydrogens (tertiary/aromatic N) is 3. The molecule has 0 spiro atoms. The average Bonchev–Trinajstić information content (AvgIpc) is 3.65. The number of carbonyl (C=O) groups is 2. The predicted molar refractivity (Wildman–Crippen MR) is 139 cm³/mol. The van der Waals surface area contributed by atoms with Crippen LogP contribution in [0.1, 0.15) is 41.1 Å². The Morgan fingerprint density at radius 1 is 0.816 bits per heavy atom. The van der Waals surface area contributed by atoms with Gasteiger partial charge in [-0.1, -0.05) is 48.5 Å². The third kappa shape index (κ3) is 4.59. The highest BCUT2D eigenvalue weighted by Crippen LogP contribution is 2.40. The molecule has 0 radical (unpaired) electrons. The molecule has 6 nitrogen and oxygen atoms in total. The van der Waals surface area contributed by atoms with Crippen LogP contribution in [0.2, 0.25) is 0 Å². The van der Waals surface area contributed by atoms with Crippen molar-refractivity contribution in [3.8, 4) is 0 Å². The molecule has 0 saturated carbocycles. The van der Waals surface area contributed by atoms with E-state index in [1.54, 1.807) is 29.2 Å². The molecule has 0 unspecified atom stereocenters.